The van der Waals surface area contributed by atoms with Gasteiger partial charge in [-0.15, -0.1) is 0 Å². The van der Waals surface area contributed by atoms with Gasteiger partial charge in [0.1, 0.15) is 5.78 Å². The molecule has 4 nitrogen and oxygen atoms in total. The van der Waals surface area contributed by atoms with Gasteiger partial charge in [-0.1, -0.05) is 20.8 Å². The Kier molecular flexibility index (Phi) is 5.50. The molecule has 15 heavy (non-hydrogen) atoms. The first-order valence-electron chi connectivity index (χ1n) is 4.93. The Morgan fingerprint density at radius 2 is 1.73 bits per heavy atom. The van der Waals surface area contributed by atoms with Crippen LogP contribution in [0.1, 0.15) is 27.2 Å². The predicted molar refractivity (Wildman–Crippen MR) is 56.5 cm³/mol. The van der Waals surface area contributed by atoms with Gasteiger partial charge in [0.2, 0.25) is 0 Å². The summed E-state index contributed by atoms with van der Waals surface area (Å²) >= 11 is 0. The highest BCUT2D eigenvalue weighted by Crippen LogP contribution is 2.22. The Hall–Kier alpha value is -0.900. The Bertz CT molecular complexity index is 227. The molecule has 0 aromatic heterocycles. The second-order valence-corrected chi connectivity index (χ2v) is 4.55. The molecule has 0 saturated heterocycles. The van der Waals surface area contributed by atoms with Gasteiger partial charge >= 0.3 is 5.97 Å². The summed E-state index contributed by atoms with van der Waals surface area (Å²) in [6.45, 7) is 5.74. The summed E-state index contributed by atoms with van der Waals surface area (Å²) in [7, 11) is 2.83. The molecule has 0 heterocycles. The van der Waals surface area contributed by atoms with E-state index in [1.54, 1.807) is 0 Å². The highest BCUT2D eigenvalue weighted by molar-refractivity contribution is 5.89. The molecule has 0 radical (unpaired) electrons. The number of esters is 1. The van der Waals surface area contributed by atoms with Crippen LogP contribution in [-0.4, -0.2) is 32.6 Å². The Morgan fingerprint density at radius 3 is 2.07 bits per heavy atom. The van der Waals surface area contributed by atoms with Gasteiger partial charge in [-0.25, -0.2) is 0 Å². The molecule has 4 heteroatoms. The minimum atomic E-state index is -0.461. The number of hydrogen-bond acceptors (Lipinski definition) is 4. The number of ether oxygens (including phenoxy) is 2. The fourth-order valence-electron chi connectivity index (χ4n) is 1.33. The first-order chi connectivity index (χ1) is 6.82. The molecule has 0 rings (SSSR count). The van der Waals surface area contributed by atoms with Crippen molar-refractivity contribution in [3.8, 4) is 0 Å². The van der Waals surface area contributed by atoms with Crippen molar-refractivity contribution in [1.29, 1.82) is 0 Å². The van der Waals surface area contributed by atoms with Gasteiger partial charge < -0.3 is 9.47 Å². The quantitative estimate of drug-likeness (QED) is 0.652. The number of methoxy groups -OCH3 is 2. The van der Waals surface area contributed by atoms with Crippen LogP contribution in [0.15, 0.2) is 0 Å². The number of rotatable bonds is 5. The van der Waals surface area contributed by atoms with Crippen molar-refractivity contribution in [3.05, 3.63) is 0 Å². The monoisotopic (exact) mass is 216 g/mol. The average Bonchev–Trinajstić information content (AvgIpc) is 2.14. The Balaban J connectivity index is 4.52. The van der Waals surface area contributed by atoms with E-state index < -0.39 is 11.3 Å². The standard InChI is InChI=1S/C11H20O4/c1-11(2,3)10(13)8(7-14-4)6-9(12)15-5/h8H,6-7H2,1-5H3/t8-/m0/s1. The molecule has 0 aromatic rings. The highest BCUT2D eigenvalue weighted by Gasteiger charge is 2.31. The first-order valence-corrected chi connectivity index (χ1v) is 4.93. The minimum Gasteiger partial charge on any atom is -0.469 e. The van der Waals surface area contributed by atoms with Crippen molar-refractivity contribution in [2.24, 2.45) is 11.3 Å². The van der Waals surface area contributed by atoms with Crippen LogP contribution in [-0.2, 0) is 19.1 Å². The molecular weight excluding hydrogens is 196 g/mol. The molecule has 0 amide bonds. The summed E-state index contributed by atoms with van der Waals surface area (Å²) in [5, 5.41) is 0. The van der Waals surface area contributed by atoms with Crippen molar-refractivity contribution in [1.82, 2.24) is 0 Å². The van der Waals surface area contributed by atoms with E-state index in [0.29, 0.717) is 0 Å². The van der Waals surface area contributed by atoms with E-state index in [0.717, 1.165) is 0 Å². The van der Waals surface area contributed by atoms with Gasteiger partial charge in [0.15, 0.2) is 0 Å². The summed E-state index contributed by atoms with van der Waals surface area (Å²) in [4.78, 5) is 23.0. The van der Waals surface area contributed by atoms with Crippen LogP contribution in [0.25, 0.3) is 0 Å². The number of carbonyl (C=O) groups excluding carboxylic acids is 2. The molecule has 0 bridgehead atoms. The topological polar surface area (TPSA) is 52.6 Å². The highest BCUT2D eigenvalue weighted by atomic mass is 16.5. The van der Waals surface area contributed by atoms with Crippen LogP contribution >= 0.6 is 0 Å². The summed E-state index contributed by atoms with van der Waals surface area (Å²) in [6.07, 6.45) is 0.0838. The lowest BCUT2D eigenvalue weighted by Crippen LogP contribution is -2.32. The predicted octanol–water partition coefficient (Wildman–Crippen LogP) is 1.43. The van der Waals surface area contributed by atoms with E-state index in [-0.39, 0.29) is 24.8 Å². The molecule has 0 N–H and O–H groups in total. The zero-order valence-corrected chi connectivity index (χ0v) is 10.1. The van der Waals surface area contributed by atoms with Gasteiger partial charge in [-0.05, 0) is 0 Å². The SMILES string of the molecule is COC[C@H](CC(=O)OC)C(=O)C(C)(C)C. The van der Waals surface area contributed by atoms with E-state index in [1.165, 1.54) is 14.2 Å². The zero-order chi connectivity index (χ0) is 12.1. The summed E-state index contributed by atoms with van der Waals surface area (Å²) < 4.78 is 9.48. The zero-order valence-electron chi connectivity index (χ0n) is 10.1. The normalized spacial score (nSPS) is 13.4. The maximum atomic E-state index is 11.9. The fraction of sp³-hybridized carbons (Fsp3) is 0.818. The maximum Gasteiger partial charge on any atom is 0.306 e. The van der Waals surface area contributed by atoms with Crippen LogP contribution in [0.2, 0.25) is 0 Å². The fourth-order valence-corrected chi connectivity index (χ4v) is 1.33. The maximum absolute atomic E-state index is 11.9. The second-order valence-electron chi connectivity index (χ2n) is 4.55. The average molecular weight is 216 g/mol. The molecule has 1 atom stereocenters. The van der Waals surface area contributed by atoms with E-state index in [1.807, 2.05) is 20.8 Å². The van der Waals surface area contributed by atoms with Gasteiger partial charge in [-0.2, -0.15) is 0 Å². The van der Waals surface area contributed by atoms with E-state index in [2.05, 4.69) is 4.74 Å². The lowest BCUT2D eigenvalue weighted by molar-refractivity contribution is -0.146. The smallest absolute Gasteiger partial charge is 0.306 e. The van der Waals surface area contributed by atoms with Crippen LogP contribution in [0.3, 0.4) is 0 Å². The molecule has 0 saturated carbocycles. The lowest BCUT2D eigenvalue weighted by Gasteiger charge is -2.23. The third kappa shape index (κ3) is 4.93. The molecule has 0 aromatic carbocycles. The van der Waals surface area contributed by atoms with Crippen LogP contribution in [0, 0.1) is 11.3 Å². The van der Waals surface area contributed by atoms with Crippen LogP contribution < -0.4 is 0 Å². The van der Waals surface area contributed by atoms with Crippen molar-refractivity contribution in [2.75, 3.05) is 20.8 Å². The molecular formula is C11H20O4. The van der Waals surface area contributed by atoms with Gasteiger partial charge in [0.05, 0.1) is 26.1 Å². The number of carbonyl (C=O) groups is 2. The van der Waals surface area contributed by atoms with E-state index in [4.69, 9.17) is 4.74 Å². The third-order valence-electron chi connectivity index (χ3n) is 2.12. The van der Waals surface area contributed by atoms with Gasteiger partial charge in [0, 0.05) is 12.5 Å². The molecule has 0 aliphatic carbocycles. The van der Waals surface area contributed by atoms with Crippen LogP contribution in [0.5, 0.6) is 0 Å². The van der Waals surface area contributed by atoms with Crippen molar-refractivity contribution in [3.63, 3.8) is 0 Å². The van der Waals surface area contributed by atoms with E-state index >= 15 is 0 Å². The van der Waals surface area contributed by atoms with E-state index in [9.17, 15) is 9.59 Å². The summed E-state index contributed by atoms with van der Waals surface area (Å²) in [6, 6.07) is 0. The van der Waals surface area contributed by atoms with Crippen molar-refractivity contribution >= 4 is 11.8 Å². The van der Waals surface area contributed by atoms with Crippen molar-refractivity contribution < 1.29 is 19.1 Å². The Morgan fingerprint density at radius 1 is 1.20 bits per heavy atom. The number of hydrogen-bond donors (Lipinski definition) is 0. The van der Waals surface area contributed by atoms with Crippen LogP contribution in [0.4, 0.5) is 0 Å². The number of Topliss-reactive ketones (excluding diaryl/α,β-unsaturated/α-hetero) is 1. The van der Waals surface area contributed by atoms with Gasteiger partial charge in [-0.3, -0.25) is 9.59 Å². The summed E-state index contributed by atoms with van der Waals surface area (Å²) in [5.74, 6) is -0.771. The molecule has 0 fully saturated rings. The van der Waals surface area contributed by atoms with Crippen molar-refractivity contribution in [2.45, 2.75) is 27.2 Å². The molecule has 0 aliphatic rings. The summed E-state index contributed by atoms with van der Waals surface area (Å²) in [5.41, 5.74) is -0.461. The first kappa shape index (κ1) is 14.1. The minimum absolute atomic E-state index is 0.0229. The Labute approximate surface area is 90.9 Å². The lowest BCUT2D eigenvalue weighted by atomic mass is 9.82. The molecule has 0 spiro atoms. The largest absolute Gasteiger partial charge is 0.469 e. The molecule has 0 aliphatic heterocycles. The van der Waals surface area contributed by atoms with Gasteiger partial charge in [0.25, 0.3) is 0 Å². The third-order valence-corrected chi connectivity index (χ3v) is 2.12. The molecule has 88 valence electrons. The molecule has 0 unspecified atom stereocenters. The number of ketones is 1. The second kappa shape index (κ2) is 5.85.